The average molecular weight is 259 g/mol. The van der Waals surface area contributed by atoms with E-state index in [0.29, 0.717) is 0 Å². The Morgan fingerprint density at radius 2 is 1.79 bits per heavy atom. The number of carboxylic acid groups (broad SMARTS) is 1. The smallest absolute Gasteiger partial charge is 0.305 e. The summed E-state index contributed by atoms with van der Waals surface area (Å²) in [5, 5.41) is 8.81. The first kappa shape index (κ1) is 13.3. The van der Waals surface area contributed by atoms with E-state index in [0.717, 1.165) is 18.5 Å². The molecule has 0 fully saturated rings. The molecule has 0 aliphatic heterocycles. The van der Waals surface area contributed by atoms with E-state index in [1.807, 2.05) is 42.5 Å². The van der Waals surface area contributed by atoms with Crippen molar-refractivity contribution in [1.29, 1.82) is 0 Å². The topological polar surface area (TPSA) is 57.6 Å². The van der Waals surface area contributed by atoms with Crippen molar-refractivity contribution >= 4 is 17.6 Å². The highest BCUT2D eigenvalue weighted by Crippen LogP contribution is 2.24. The molecule has 0 heterocycles. The highest BCUT2D eigenvalue weighted by atomic mass is 16.4. The summed E-state index contributed by atoms with van der Waals surface area (Å²) in [7, 11) is 0. The molecule has 2 rings (SSSR count). The molecular formula is C15H17NO3. The van der Waals surface area contributed by atoms with Gasteiger partial charge in [-0.3, -0.25) is 9.59 Å². The number of carboxylic acids is 1. The van der Waals surface area contributed by atoms with Gasteiger partial charge in [0.2, 0.25) is 5.91 Å². The summed E-state index contributed by atoms with van der Waals surface area (Å²) in [5.41, 5.74) is 0.764. The number of benzene rings is 1. The van der Waals surface area contributed by atoms with Crippen molar-refractivity contribution in [2.75, 3.05) is 11.4 Å². The maximum Gasteiger partial charge on any atom is 0.305 e. The maximum absolute atomic E-state index is 12.5. The lowest BCUT2D eigenvalue weighted by Crippen LogP contribution is -2.37. The second kappa shape index (κ2) is 6.18. The molecule has 0 aromatic heterocycles. The van der Waals surface area contributed by atoms with Crippen LogP contribution in [0.1, 0.15) is 19.3 Å². The van der Waals surface area contributed by atoms with Crippen LogP contribution in [0.4, 0.5) is 5.69 Å². The van der Waals surface area contributed by atoms with Gasteiger partial charge in [0.05, 0.1) is 6.42 Å². The van der Waals surface area contributed by atoms with Crippen molar-refractivity contribution in [2.24, 2.45) is 5.92 Å². The van der Waals surface area contributed by atoms with E-state index in [-0.39, 0.29) is 24.8 Å². The molecule has 1 aromatic rings. The minimum Gasteiger partial charge on any atom is -0.481 e. The van der Waals surface area contributed by atoms with Crippen LogP contribution in [-0.4, -0.2) is 23.5 Å². The molecule has 1 aliphatic carbocycles. The number of amides is 1. The third-order valence-corrected chi connectivity index (χ3v) is 3.24. The molecule has 0 radical (unpaired) electrons. The zero-order valence-electron chi connectivity index (χ0n) is 10.7. The van der Waals surface area contributed by atoms with Crippen LogP contribution in [0.5, 0.6) is 0 Å². The monoisotopic (exact) mass is 259 g/mol. The Labute approximate surface area is 112 Å². The van der Waals surface area contributed by atoms with Gasteiger partial charge in [0.1, 0.15) is 0 Å². The number of aliphatic carboxylic acids is 1. The van der Waals surface area contributed by atoms with Crippen LogP contribution in [0.15, 0.2) is 42.5 Å². The highest BCUT2D eigenvalue weighted by Gasteiger charge is 2.26. The molecule has 0 atom stereocenters. The van der Waals surface area contributed by atoms with Crippen LogP contribution >= 0.6 is 0 Å². The van der Waals surface area contributed by atoms with Crippen LogP contribution in [-0.2, 0) is 9.59 Å². The Kier molecular flexibility index (Phi) is 4.34. The van der Waals surface area contributed by atoms with Gasteiger partial charge in [-0.05, 0) is 25.0 Å². The minimum atomic E-state index is -0.890. The fourth-order valence-corrected chi connectivity index (χ4v) is 2.22. The SMILES string of the molecule is O=C(O)CCN(C(=O)C1CC=CC1)c1ccccc1. The molecule has 1 N–H and O–H groups in total. The van der Waals surface area contributed by atoms with Crippen LogP contribution in [0, 0.1) is 5.92 Å². The first-order chi connectivity index (χ1) is 9.18. The number of carbonyl (C=O) groups is 2. The van der Waals surface area contributed by atoms with Gasteiger partial charge < -0.3 is 10.0 Å². The van der Waals surface area contributed by atoms with Crippen LogP contribution in [0.25, 0.3) is 0 Å². The molecule has 4 heteroatoms. The fourth-order valence-electron chi connectivity index (χ4n) is 2.22. The summed E-state index contributed by atoms with van der Waals surface area (Å²) in [4.78, 5) is 24.8. The summed E-state index contributed by atoms with van der Waals surface area (Å²) in [6.45, 7) is 0.217. The number of carbonyl (C=O) groups excluding carboxylic acids is 1. The Hall–Kier alpha value is -2.10. The maximum atomic E-state index is 12.5. The van der Waals surface area contributed by atoms with E-state index >= 15 is 0 Å². The zero-order chi connectivity index (χ0) is 13.7. The Bertz CT molecular complexity index is 473. The van der Waals surface area contributed by atoms with Crippen molar-refractivity contribution in [1.82, 2.24) is 0 Å². The molecule has 0 bridgehead atoms. The molecule has 1 aromatic carbocycles. The molecule has 0 saturated heterocycles. The van der Waals surface area contributed by atoms with Gasteiger partial charge in [0.25, 0.3) is 0 Å². The Morgan fingerprint density at radius 3 is 2.37 bits per heavy atom. The number of para-hydroxylation sites is 1. The molecule has 1 aliphatic rings. The van der Waals surface area contributed by atoms with Gasteiger partial charge in [-0.2, -0.15) is 0 Å². The second-order valence-corrected chi connectivity index (χ2v) is 4.61. The lowest BCUT2D eigenvalue weighted by Gasteiger charge is -2.25. The summed E-state index contributed by atoms with van der Waals surface area (Å²) >= 11 is 0. The molecule has 0 spiro atoms. The molecule has 19 heavy (non-hydrogen) atoms. The molecule has 4 nitrogen and oxygen atoms in total. The number of anilines is 1. The summed E-state index contributed by atoms with van der Waals surface area (Å²) in [6.07, 6.45) is 5.46. The molecule has 0 unspecified atom stereocenters. The number of nitrogens with zero attached hydrogens (tertiary/aromatic N) is 1. The lowest BCUT2D eigenvalue weighted by molar-refractivity contribution is -0.136. The predicted molar refractivity (Wildman–Crippen MR) is 72.9 cm³/mol. The van der Waals surface area contributed by atoms with E-state index < -0.39 is 5.97 Å². The van der Waals surface area contributed by atoms with Crippen molar-refractivity contribution in [2.45, 2.75) is 19.3 Å². The first-order valence-electron chi connectivity index (χ1n) is 6.41. The predicted octanol–water partition coefficient (Wildman–Crippen LogP) is 2.46. The molecule has 100 valence electrons. The van der Waals surface area contributed by atoms with Gasteiger partial charge in [-0.15, -0.1) is 0 Å². The largest absolute Gasteiger partial charge is 0.481 e. The van der Waals surface area contributed by atoms with Crippen molar-refractivity contribution in [3.8, 4) is 0 Å². The minimum absolute atomic E-state index is 0.0115. The average Bonchev–Trinajstić information content (AvgIpc) is 2.93. The number of hydrogen-bond donors (Lipinski definition) is 1. The van der Waals surface area contributed by atoms with Gasteiger partial charge in [-0.25, -0.2) is 0 Å². The van der Waals surface area contributed by atoms with E-state index in [2.05, 4.69) is 0 Å². The van der Waals surface area contributed by atoms with E-state index in [9.17, 15) is 9.59 Å². The summed E-state index contributed by atoms with van der Waals surface area (Å²) in [5.74, 6) is -0.926. The van der Waals surface area contributed by atoms with Crippen LogP contribution < -0.4 is 4.90 Å². The van der Waals surface area contributed by atoms with Crippen molar-refractivity contribution in [3.63, 3.8) is 0 Å². The quantitative estimate of drug-likeness (QED) is 0.826. The number of hydrogen-bond acceptors (Lipinski definition) is 2. The third-order valence-electron chi connectivity index (χ3n) is 3.24. The fraction of sp³-hybridized carbons (Fsp3) is 0.333. The van der Waals surface area contributed by atoms with E-state index in [4.69, 9.17) is 5.11 Å². The summed E-state index contributed by atoms with van der Waals surface area (Å²) < 4.78 is 0. The molecule has 0 saturated carbocycles. The summed E-state index contributed by atoms with van der Waals surface area (Å²) in [6, 6.07) is 9.25. The molecular weight excluding hydrogens is 242 g/mol. The van der Waals surface area contributed by atoms with Crippen molar-refractivity contribution < 1.29 is 14.7 Å². The van der Waals surface area contributed by atoms with Gasteiger partial charge >= 0.3 is 5.97 Å². The first-order valence-corrected chi connectivity index (χ1v) is 6.41. The number of allylic oxidation sites excluding steroid dienone is 2. The standard InChI is InChI=1S/C15H17NO3/c17-14(18)10-11-16(13-8-2-1-3-9-13)15(19)12-6-4-5-7-12/h1-5,8-9,12H,6-7,10-11H2,(H,17,18). The number of rotatable bonds is 5. The zero-order valence-corrected chi connectivity index (χ0v) is 10.7. The van der Waals surface area contributed by atoms with Crippen LogP contribution in [0.2, 0.25) is 0 Å². The van der Waals surface area contributed by atoms with E-state index in [1.54, 1.807) is 4.90 Å². The second-order valence-electron chi connectivity index (χ2n) is 4.61. The van der Waals surface area contributed by atoms with Gasteiger partial charge in [0, 0.05) is 18.2 Å². The third kappa shape index (κ3) is 3.44. The van der Waals surface area contributed by atoms with Crippen molar-refractivity contribution in [3.05, 3.63) is 42.5 Å². The normalized spacial score (nSPS) is 14.5. The molecule has 1 amide bonds. The van der Waals surface area contributed by atoms with E-state index in [1.165, 1.54) is 0 Å². The highest BCUT2D eigenvalue weighted by molar-refractivity contribution is 5.95. The Morgan fingerprint density at radius 1 is 1.16 bits per heavy atom. The van der Waals surface area contributed by atoms with Gasteiger partial charge in [0.15, 0.2) is 0 Å². The van der Waals surface area contributed by atoms with Crippen LogP contribution in [0.3, 0.4) is 0 Å². The Balaban J connectivity index is 2.13. The lowest BCUT2D eigenvalue weighted by atomic mass is 10.0. The van der Waals surface area contributed by atoms with Gasteiger partial charge in [-0.1, -0.05) is 30.4 Å².